The molecule has 0 aromatic heterocycles. The number of amides is 4. The number of hydrogen-bond acceptors (Lipinski definition) is 6. The number of nitrogens with zero attached hydrogens (tertiary/aromatic N) is 5. The number of aromatic hydroxyl groups is 1. The first-order valence-electron chi connectivity index (χ1n) is 14.8. The zero-order chi connectivity index (χ0) is 31.4. The van der Waals surface area contributed by atoms with Gasteiger partial charge in [0.1, 0.15) is 18.0 Å². The maximum Gasteiger partial charge on any atom is 0.332 e. The van der Waals surface area contributed by atoms with Gasteiger partial charge in [0.05, 0.1) is 19.6 Å². The third-order valence-electron chi connectivity index (χ3n) is 8.19. The number of phenols is 1. The lowest BCUT2D eigenvalue weighted by molar-refractivity contribution is -0.157. The third-order valence-corrected chi connectivity index (χ3v) is 8.19. The number of anilines is 1. The summed E-state index contributed by atoms with van der Waals surface area (Å²) in [7, 11) is 3.98. The van der Waals surface area contributed by atoms with Gasteiger partial charge in [-0.05, 0) is 47.4 Å². The van der Waals surface area contributed by atoms with Gasteiger partial charge in [0.25, 0.3) is 0 Å². The van der Waals surface area contributed by atoms with E-state index >= 15 is 0 Å². The second-order valence-corrected chi connectivity index (χ2v) is 11.5. The van der Waals surface area contributed by atoms with Crippen molar-refractivity contribution in [3.63, 3.8) is 0 Å². The van der Waals surface area contributed by atoms with Crippen molar-refractivity contribution < 1.29 is 19.5 Å². The Labute approximate surface area is 258 Å². The van der Waals surface area contributed by atoms with Gasteiger partial charge in [-0.2, -0.15) is 5.01 Å². The summed E-state index contributed by atoms with van der Waals surface area (Å²) in [5.41, 5.74) is 4.95. The minimum atomic E-state index is -0.771. The number of hydrazine groups is 1. The summed E-state index contributed by atoms with van der Waals surface area (Å²) in [4.78, 5) is 46.8. The Morgan fingerprint density at radius 1 is 1.02 bits per heavy atom. The van der Waals surface area contributed by atoms with Gasteiger partial charge in [-0.3, -0.25) is 14.6 Å². The van der Waals surface area contributed by atoms with E-state index in [0.29, 0.717) is 13.1 Å². The summed E-state index contributed by atoms with van der Waals surface area (Å²) in [6.07, 6.45) is 1.36. The number of nitrogens with one attached hydrogen (secondary N) is 1. The molecule has 230 valence electrons. The maximum absolute atomic E-state index is 14.1. The van der Waals surface area contributed by atoms with Gasteiger partial charge in [0.15, 0.2) is 0 Å². The second-order valence-electron chi connectivity index (χ2n) is 11.5. The van der Waals surface area contributed by atoms with Crippen molar-refractivity contribution in [3.05, 3.63) is 108 Å². The number of carbonyl (C=O) groups is 3. The summed E-state index contributed by atoms with van der Waals surface area (Å²) in [6, 6.07) is 21.3. The predicted molar refractivity (Wildman–Crippen MR) is 169 cm³/mol. The first-order valence-corrected chi connectivity index (χ1v) is 14.8. The molecule has 2 aliphatic rings. The lowest BCUT2D eigenvalue weighted by atomic mass is 9.99. The SMILES string of the molecule is C=CCN(C(=O)NCc1ccccc1)N1CC(=O)N2[C@@H](Cc3ccc(O)cc3)C(=O)N(Cc3ccc(C)c(N(C)C)c3)C[C@@H]21. The maximum atomic E-state index is 14.1. The van der Waals surface area contributed by atoms with Crippen LogP contribution in [-0.4, -0.2) is 88.7 Å². The van der Waals surface area contributed by atoms with E-state index in [2.05, 4.69) is 24.9 Å². The fourth-order valence-electron chi connectivity index (χ4n) is 5.99. The highest BCUT2D eigenvalue weighted by molar-refractivity contribution is 5.92. The number of phenolic OH excluding ortho intramolecular Hbond substituents is 1. The van der Waals surface area contributed by atoms with Crippen LogP contribution in [0.25, 0.3) is 0 Å². The van der Waals surface area contributed by atoms with E-state index in [1.807, 2.05) is 61.5 Å². The van der Waals surface area contributed by atoms with Gasteiger partial charge in [-0.25, -0.2) is 4.79 Å². The average Bonchev–Trinajstić information content (AvgIpc) is 3.34. The molecule has 0 radical (unpaired) electrons. The van der Waals surface area contributed by atoms with Crippen molar-refractivity contribution in [3.8, 4) is 5.75 Å². The van der Waals surface area contributed by atoms with Crippen molar-refractivity contribution in [2.75, 3.05) is 38.6 Å². The molecule has 4 amide bonds. The van der Waals surface area contributed by atoms with E-state index in [-0.39, 0.29) is 49.7 Å². The third kappa shape index (κ3) is 6.55. The topological polar surface area (TPSA) is 99.7 Å². The summed E-state index contributed by atoms with van der Waals surface area (Å²) < 4.78 is 0. The van der Waals surface area contributed by atoms with Crippen LogP contribution in [0, 0.1) is 6.92 Å². The van der Waals surface area contributed by atoms with E-state index in [9.17, 15) is 19.5 Å². The quantitative estimate of drug-likeness (QED) is 0.348. The van der Waals surface area contributed by atoms with Gasteiger partial charge in [0, 0.05) is 39.3 Å². The summed E-state index contributed by atoms with van der Waals surface area (Å²) >= 11 is 0. The van der Waals surface area contributed by atoms with E-state index in [1.165, 1.54) is 5.01 Å². The molecule has 3 aromatic carbocycles. The standard InChI is InChI=1S/C34H40N6O4/c1-5-17-38(34(44)35-20-26-9-7-6-8-10-26)39-23-32(42)40-30(18-25-13-15-28(41)16-14-25)33(43)37(22-31(39)40)21-27-12-11-24(2)29(19-27)36(3)4/h5-16,19,30-31,41H,1,17-18,20-23H2,2-4H3,(H,35,44)/t30-,31+/m0/s1. The molecule has 10 nitrogen and oxygen atoms in total. The van der Waals surface area contributed by atoms with E-state index in [1.54, 1.807) is 45.2 Å². The zero-order valence-corrected chi connectivity index (χ0v) is 25.5. The molecular formula is C34H40N6O4. The van der Waals surface area contributed by atoms with E-state index < -0.39 is 12.2 Å². The fraction of sp³-hybridized carbons (Fsp3) is 0.324. The van der Waals surface area contributed by atoms with Crippen LogP contribution in [-0.2, 0) is 29.1 Å². The molecule has 2 fully saturated rings. The first kappa shape index (κ1) is 30.6. The van der Waals surface area contributed by atoms with Crippen molar-refractivity contribution in [2.24, 2.45) is 0 Å². The number of benzene rings is 3. The number of piperazine rings is 1. The monoisotopic (exact) mass is 596 g/mol. The van der Waals surface area contributed by atoms with Gasteiger partial charge in [0.2, 0.25) is 11.8 Å². The number of carbonyl (C=O) groups excluding carboxylic acids is 3. The summed E-state index contributed by atoms with van der Waals surface area (Å²) in [5, 5.41) is 16.0. The Bertz CT molecular complexity index is 1510. The van der Waals surface area contributed by atoms with Crippen molar-refractivity contribution in [1.29, 1.82) is 0 Å². The zero-order valence-electron chi connectivity index (χ0n) is 25.5. The van der Waals surface area contributed by atoms with Gasteiger partial charge in [-0.15, -0.1) is 6.58 Å². The summed E-state index contributed by atoms with van der Waals surface area (Å²) in [5.74, 6) is -0.244. The minimum Gasteiger partial charge on any atom is -0.508 e. The lowest BCUT2D eigenvalue weighted by Crippen LogP contribution is -2.66. The molecule has 0 unspecified atom stereocenters. The predicted octanol–water partition coefficient (Wildman–Crippen LogP) is 3.50. The number of urea groups is 1. The van der Waals surface area contributed by atoms with E-state index in [4.69, 9.17) is 0 Å². The highest BCUT2D eigenvalue weighted by atomic mass is 16.3. The molecule has 5 rings (SSSR count). The van der Waals surface area contributed by atoms with Crippen molar-refractivity contribution in [1.82, 2.24) is 25.1 Å². The molecule has 10 heteroatoms. The van der Waals surface area contributed by atoms with Gasteiger partial charge < -0.3 is 25.1 Å². The molecule has 2 N–H and O–H groups in total. The molecule has 44 heavy (non-hydrogen) atoms. The largest absolute Gasteiger partial charge is 0.508 e. The van der Waals surface area contributed by atoms with Gasteiger partial charge >= 0.3 is 6.03 Å². The average molecular weight is 597 g/mol. The van der Waals surface area contributed by atoms with Crippen LogP contribution in [0.4, 0.5) is 10.5 Å². The molecule has 0 spiro atoms. The molecule has 3 aromatic rings. The van der Waals surface area contributed by atoms with Crippen LogP contribution in [0.2, 0.25) is 0 Å². The molecular weight excluding hydrogens is 556 g/mol. The Morgan fingerprint density at radius 3 is 2.41 bits per heavy atom. The minimum absolute atomic E-state index is 0.0419. The summed E-state index contributed by atoms with van der Waals surface area (Å²) in [6.45, 7) is 6.98. The van der Waals surface area contributed by atoms with Crippen molar-refractivity contribution >= 4 is 23.5 Å². The Kier molecular flexibility index (Phi) is 9.20. The lowest BCUT2D eigenvalue weighted by Gasteiger charge is -2.46. The van der Waals surface area contributed by atoms with Crippen LogP contribution in [0.3, 0.4) is 0 Å². The Morgan fingerprint density at radius 2 is 1.73 bits per heavy atom. The number of fused-ring (bicyclic) bond motifs is 1. The van der Waals surface area contributed by atoms with Crippen LogP contribution < -0.4 is 10.2 Å². The Hall–Kier alpha value is -4.83. The van der Waals surface area contributed by atoms with Crippen LogP contribution in [0.15, 0.2) is 85.5 Å². The normalized spacial score (nSPS) is 18.2. The first-order chi connectivity index (χ1) is 21.2. The second kappa shape index (κ2) is 13.2. The molecule has 2 atom stereocenters. The van der Waals surface area contributed by atoms with Crippen LogP contribution in [0.5, 0.6) is 5.75 Å². The smallest absolute Gasteiger partial charge is 0.332 e. The molecule has 0 bridgehead atoms. The molecule has 2 saturated heterocycles. The number of rotatable bonds is 10. The van der Waals surface area contributed by atoms with Crippen LogP contribution in [0.1, 0.15) is 22.3 Å². The molecule has 2 aliphatic heterocycles. The molecule has 0 aliphatic carbocycles. The molecule has 0 saturated carbocycles. The van der Waals surface area contributed by atoms with E-state index in [0.717, 1.165) is 27.9 Å². The van der Waals surface area contributed by atoms with Crippen LogP contribution >= 0.6 is 0 Å². The highest BCUT2D eigenvalue weighted by Crippen LogP contribution is 2.31. The number of hydrogen-bond donors (Lipinski definition) is 2. The molecule has 2 heterocycles. The fourth-order valence-corrected chi connectivity index (χ4v) is 5.99. The number of aryl methyl sites for hydroxylation is 1. The van der Waals surface area contributed by atoms with Gasteiger partial charge in [-0.1, -0.05) is 60.7 Å². The Balaban J connectivity index is 1.45. The highest BCUT2D eigenvalue weighted by Gasteiger charge is 2.52. The van der Waals surface area contributed by atoms with Crippen molar-refractivity contribution in [2.45, 2.75) is 38.6 Å².